The first kappa shape index (κ1) is 12.9. The van der Waals surface area contributed by atoms with E-state index in [1.54, 1.807) is 19.1 Å². The number of pyridine rings is 1. The maximum Gasteiger partial charge on any atom is 0.258 e. The summed E-state index contributed by atoms with van der Waals surface area (Å²) < 4.78 is 26.5. The predicted octanol–water partition coefficient (Wildman–Crippen LogP) is 2.50. The molecule has 19 heavy (non-hydrogen) atoms. The summed E-state index contributed by atoms with van der Waals surface area (Å²) in [4.78, 5) is 15.8. The number of amides is 1. The van der Waals surface area contributed by atoms with Gasteiger partial charge in [0.2, 0.25) is 0 Å². The number of hydrogen-bond donors (Lipinski definition) is 2. The molecule has 0 saturated carbocycles. The molecule has 0 spiro atoms. The number of carbonyl (C=O) groups excluding carboxylic acids is 1. The third-order valence-corrected chi connectivity index (χ3v) is 2.49. The molecule has 1 amide bonds. The lowest BCUT2D eigenvalue weighted by Gasteiger charge is -2.07. The van der Waals surface area contributed by atoms with Gasteiger partial charge in [-0.05, 0) is 25.1 Å². The molecule has 0 atom stereocenters. The minimum Gasteiger partial charge on any atom is -0.396 e. The van der Waals surface area contributed by atoms with E-state index in [4.69, 9.17) is 5.73 Å². The van der Waals surface area contributed by atoms with E-state index in [1.807, 2.05) is 0 Å². The fourth-order valence-electron chi connectivity index (χ4n) is 1.56. The molecule has 6 heteroatoms. The number of aryl methyl sites for hydroxylation is 1. The van der Waals surface area contributed by atoms with Gasteiger partial charge >= 0.3 is 0 Å². The molecule has 2 rings (SSSR count). The molecular weight excluding hydrogens is 252 g/mol. The van der Waals surface area contributed by atoms with Crippen molar-refractivity contribution < 1.29 is 13.6 Å². The number of nitrogens with zero attached hydrogens (tertiary/aromatic N) is 1. The number of carbonyl (C=O) groups is 1. The normalized spacial score (nSPS) is 10.3. The molecule has 1 aromatic carbocycles. The minimum absolute atomic E-state index is 0.280. The zero-order valence-electron chi connectivity index (χ0n) is 10.1. The van der Waals surface area contributed by atoms with Crippen LogP contribution < -0.4 is 11.1 Å². The first-order valence-electron chi connectivity index (χ1n) is 5.46. The molecular formula is C13H11F2N3O. The van der Waals surface area contributed by atoms with Gasteiger partial charge in [-0.3, -0.25) is 9.78 Å². The summed E-state index contributed by atoms with van der Waals surface area (Å²) in [6.45, 7) is 1.76. The lowest BCUT2D eigenvalue weighted by Crippen LogP contribution is -2.15. The number of benzene rings is 1. The van der Waals surface area contributed by atoms with Crippen LogP contribution in [-0.2, 0) is 0 Å². The summed E-state index contributed by atoms with van der Waals surface area (Å²) in [5.41, 5.74) is 5.90. The van der Waals surface area contributed by atoms with Crippen LogP contribution in [-0.4, -0.2) is 10.9 Å². The van der Waals surface area contributed by atoms with Gasteiger partial charge in [0.15, 0.2) is 0 Å². The summed E-state index contributed by atoms with van der Waals surface area (Å²) in [6, 6.07) is 4.74. The monoisotopic (exact) mass is 263 g/mol. The summed E-state index contributed by atoms with van der Waals surface area (Å²) >= 11 is 0. The lowest BCUT2D eigenvalue weighted by molar-refractivity contribution is 0.102. The highest BCUT2D eigenvalue weighted by molar-refractivity contribution is 6.05. The molecule has 1 heterocycles. The van der Waals surface area contributed by atoms with Crippen molar-refractivity contribution in [1.29, 1.82) is 0 Å². The second-order valence-electron chi connectivity index (χ2n) is 3.99. The van der Waals surface area contributed by atoms with Crippen molar-refractivity contribution in [3.05, 3.63) is 53.4 Å². The van der Waals surface area contributed by atoms with E-state index in [2.05, 4.69) is 10.3 Å². The first-order valence-corrected chi connectivity index (χ1v) is 5.46. The molecule has 0 aliphatic carbocycles. The SMILES string of the molecule is Cc1cc(NC(=O)c2cc(N)c(F)cc2F)ccn1. The fraction of sp³-hybridized carbons (Fsp3) is 0.0769. The van der Waals surface area contributed by atoms with Crippen LogP contribution >= 0.6 is 0 Å². The van der Waals surface area contributed by atoms with Crippen LogP contribution in [0.2, 0.25) is 0 Å². The Morgan fingerprint density at radius 1 is 1.26 bits per heavy atom. The summed E-state index contributed by atoms with van der Waals surface area (Å²) in [5, 5.41) is 2.49. The van der Waals surface area contributed by atoms with Gasteiger partial charge in [-0.15, -0.1) is 0 Å². The Kier molecular flexibility index (Phi) is 3.41. The Balaban J connectivity index is 2.28. The van der Waals surface area contributed by atoms with Crippen molar-refractivity contribution in [3.8, 4) is 0 Å². The van der Waals surface area contributed by atoms with Crippen LogP contribution in [0.5, 0.6) is 0 Å². The molecule has 0 bridgehead atoms. The minimum atomic E-state index is -0.963. The Morgan fingerprint density at radius 3 is 2.68 bits per heavy atom. The van der Waals surface area contributed by atoms with Crippen LogP contribution in [0.3, 0.4) is 0 Å². The molecule has 0 saturated heterocycles. The molecule has 4 nitrogen and oxygen atoms in total. The zero-order chi connectivity index (χ0) is 14.0. The van der Waals surface area contributed by atoms with Gasteiger partial charge in [-0.2, -0.15) is 0 Å². The topological polar surface area (TPSA) is 68.0 Å². The number of hydrogen-bond acceptors (Lipinski definition) is 3. The van der Waals surface area contributed by atoms with E-state index in [-0.39, 0.29) is 11.3 Å². The van der Waals surface area contributed by atoms with Crippen LogP contribution in [0, 0.1) is 18.6 Å². The van der Waals surface area contributed by atoms with Gasteiger partial charge in [-0.1, -0.05) is 0 Å². The molecule has 0 aliphatic rings. The van der Waals surface area contributed by atoms with Gasteiger partial charge in [0.05, 0.1) is 11.3 Å². The van der Waals surface area contributed by atoms with E-state index in [0.717, 1.165) is 6.07 Å². The second-order valence-corrected chi connectivity index (χ2v) is 3.99. The molecule has 0 unspecified atom stereocenters. The van der Waals surface area contributed by atoms with E-state index in [0.29, 0.717) is 17.4 Å². The van der Waals surface area contributed by atoms with Crippen molar-refractivity contribution in [2.24, 2.45) is 0 Å². The molecule has 0 aliphatic heterocycles. The average molecular weight is 263 g/mol. The van der Waals surface area contributed by atoms with Crippen molar-refractivity contribution in [3.63, 3.8) is 0 Å². The highest BCUT2D eigenvalue weighted by Gasteiger charge is 2.15. The average Bonchev–Trinajstić information content (AvgIpc) is 2.33. The van der Waals surface area contributed by atoms with Crippen molar-refractivity contribution in [1.82, 2.24) is 4.98 Å². The number of nitrogens with two attached hydrogens (primary N) is 1. The Bertz CT molecular complexity index is 644. The van der Waals surface area contributed by atoms with E-state index >= 15 is 0 Å². The van der Waals surface area contributed by atoms with Gasteiger partial charge in [-0.25, -0.2) is 8.78 Å². The molecule has 0 fully saturated rings. The largest absolute Gasteiger partial charge is 0.396 e. The smallest absolute Gasteiger partial charge is 0.258 e. The van der Waals surface area contributed by atoms with Crippen LogP contribution in [0.15, 0.2) is 30.5 Å². The molecule has 2 aromatic rings. The zero-order valence-corrected chi connectivity index (χ0v) is 10.1. The Labute approximate surface area is 108 Å². The van der Waals surface area contributed by atoms with Gasteiger partial charge < -0.3 is 11.1 Å². The van der Waals surface area contributed by atoms with E-state index in [1.165, 1.54) is 6.20 Å². The third kappa shape index (κ3) is 2.85. The standard InChI is InChI=1S/C13H11F2N3O/c1-7-4-8(2-3-17-7)18-13(19)9-5-12(16)11(15)6-10(9)14/h2-6H,16H2,1H3,(H,17,18,19). The maximum atomic E-state index is 13.5. The van der Waals surface area contributed by atoms with Gasteiger partial charge in [0.25, 0.3) is 5.91 Å². The number of aromatic nitrogens is 1. The second kappa shape index (κ2) is 5.01. The Hall–Kier alpha value is -2.50. The van der Waals surface area contributed by atoms with Gasteiger partial charge in [0, 0.05) is 23.6 Å². The van der Waals surface area contributed by atoms with Gasteiger partial charge in [0.1, 0.15) is 11.6 Å². The summed E-state index contributed by atoms with van der Waals surface area (Å²) in [7, 11) is 0. The molecule has 3 N–H and O–H groups in total. The van der Waals surface area contributed by atoms with Crippen LogP contribution in [0.25, 0.3) is 0 Å². The van der Waals surface area contributed by atoms with E-state index in [9.17, 15) is 13.6 Å². The highest BCUT2D eigenvalue weighted by atomic mass is 19.1. The van der Waals surface area contributed by atoms with Crippen LogP contribution in [0.4, 0.5) is 20.2 Å². The quantitative estimate of drug-likeness (QED) is 0.818. The van der Waals surface area contributed by atoms with Crippen molar-refractivity contribution >= 4 is 17.3 Å². The summed E-state index contributed by atoms with van der Waals surface area (Å²) in [5.74, 6) is -2.56. The van der Waals surface area contributed by atoms with Crippen molar-refractivity contribution in [2.75, 3.05) is 11.1 Å². The lowest BCUT2D eigenvalue weighted by atomic mass is 10.1. The van der Waals surface area contributed by atoms with E-state index < -0.39 is 17.5 Å². The highest BCUT2D eigenvalue weighted by Crippen LogP contribution is 2.18. The Morgan fingerprint density at radius 2 is 2.00 bits per heavy atom. The number of anilines is 2. The first-order chi connectivity index (χ1) is 8.97. The third-order valence-electron chi connectivity index (χ3n) is 2.49. The molecule has 0 radical (unpaired) electrons. The number of halogens is 2. The number of nitrogens with one attached hydrogen (secondary N) is 1. The number of rotatable bonds is 2. The fourth-order valence-corrected chi connectivity index (χ4v) is 1.56. The van der Waals surface area contributed by atoms with Crippen LogP contribution in [0.1, 0.15) is 16.1 Å². The number of nitrogen functional groups attached to an aromatic ring is 1. The predicted molar refractivity (Wildman–Crippen MR) is 67.7 cm³/mol. The summed E-state index contributed by atoms with van der Waals surface area (Å²) in [6.07, 6.45) is 1.51. The molecule has 98 valence electrons. The maximum absolute atomic E-state index is 13.5. The van der Waals surface area contributed by atoms with Crippen molar-refractivity contribution in [2.45, 2.75) is 6.92 Å². The molecule has 1 aromatic heterocycles.